The number of hydrogen-bond donors (Lipinski definition) is 1. The minimum atomic E-state index is -3.56. The molecular formula is C22H34N4O3S. The molecule has 0 aromatic heterocycles. The lowest BCUT2D eigenvalue weighted by molar-refractivity contribution is -0.0339. The van der Waals surface area contributed by atoms with Crippen LogP contribution in [-0.2, 0) is 10.0 Å². The van der Waals surface area contributed by atoms with E-state index in [1.807, 2.05) is 11.0 Å². The molecule has 166 valence electrons. The molecule has 1 aromatic rings. The van der Waals surface area contributed by atoms with Crippen LogP contribution in [0.15, 0.2) is 35.2 Å². The Labute approximate surface area is 180 Å². The summed E-state index contributed by atoms with van der Waals surface area (Å²) in [7, 11) is -3.56. The fraction of sp³-hybridized carbons (Fsp3) is 0.682. The minimum absolute atomic E-state index is 0.00177. The van der Waals surface area contributed by atoms with Crippen LogP contribution < -0.4 is 5.32 Å². The zero-order chi connectivity index (χ0) is 21.4. The lowest BCUT2D eigenvalue weighted by atomic mass is 9.94. The van der Waals surface area contributed by atoms with E-state index >= 15 is 0 Å². The van der Waals surface area contributed by atoms with Crippen LogP contribution in [0, 0.1) is 0 Å². The summed E-state index contributed by atoms with van der Waals surface area (Å²) in [6.07, 6.45) is 5.74. The molecule has 30 heavy (non-hydrogen) atoms. The predicted molar refractivity (Wildman–Crippen MR) is 117 cm³/mol. The standard InChI is InChI=1S/C22H34N4O3S/c1-22(2)17-25(30(28,29)20-11-7-4-8-12-20)16-19-15-24(13-14-26(19)22)21(27)23-18-9-5-3-6-10-18/h4,7-8,11-12,18-19H,3,5-6,9-10,13-17H2,1-2H3,(H,23,27)/t19-/m0/s1. The Kier molecular flexibility index (Phi) is 6.10. The molecule has 0 bridgehead atoms. The van der Waals surface area contributed by atoms with Crippen molar-refractivity contribution in [2.75, 3.05) is 32.7 Å². The Morgan fingerprint density at radius 2 is 1.73 bits per heavy atom. The van der Waals surface area contributed by atoms with Gasteiger partial charge in [0.2, 0.25) is 10.0 Å². The van der Waals surface area contributed by atoms with E-state index in [0.717, 1.165) is 19.4 Å². The van der Waals surface area contributed by atoms with Gasteiger partial charge in [-0.25, -0.2) is 13.2 Å². The summed E-state index contributed by atoms with van der Waals surface area (Å²) in [5, 5.41) is 3.21. The zero-order valence-electron chi connectivity index (χ0n) is 18.1. The van der Waals surface area contributed by atoms with E-state index in [1.54, 1.807) is 28.6 Å². The van der Waals surface area contributed by atoms with E-state index in [9.17, 15) is 13.2 Å². The predicted octanol–water partition coefficient (Wildman–Crippen LogP) is 2.50. The maximum Gasteiger partial charge on any atom is 0.317 e. The fourth-order valence-corrected chi connectivity index (χ4v) is 6.91. The van der Waals surface area contributed by atoms with Gasteiger partial charge in [0.15, 0.2) is 0 Å². The number of nitrogens with zero attached hydrogens (tertiary/aromatic N) is 3. The summed E-state index contributed by atoms with van der Waals surface area (Å²) < 4.78 is 28.1. The molecule has 8 heteroatoms. The van der Waals surface area contributed by atoms with E-state index in [2.05, 4.69) is 24.1 Å². The van der Waals surface area contributed by atoms with Crippen molar-refractivity contribution in [3.05, 3.63) is 30.3 Å². The van der Waals surface area contributed by atoms with Crippen molar-refractivity contribution in [2.24, 2.45) is 0 Å². The average molecular weight is 435 g/mol. The molecule has 2 heterocycles. The number of nitrogens with one attached hydrogen (secondary N) is 1. The minimum Gasteiger partial charge on any atom is -0.335 e. The number of carbonyl (C=O) groups is 1. The molecule has 1 aromatic carbocycles. The maximum absolute atomic E-state index is 13.2. The summed E-state index contributed by atoms with van der Waals surface area (Å²) in [5.74, 6) is 0. The summed E-state index contributed by atoms with van der Waals surface area (Å²) in [5.41, 5.74) is -0.281. The Morgan fingerprint density at radius 3 is 2.43 bits per heavy atom. The Hall–Kier alpha value is -1.64. The number of urea groups is 1. The number of amides is 2. The van der Waals surface area contributed by atoms with Gasteiger partial charge in [-0.15, -0.1) is 0 Å². The molecule has 1 saturated carbocycles. The third-order valence-electron chi connectivity index (χ3n) is 6.84. The number of hydrogen-bond acceptors (Lipinski definition) is 4. The molecule has 1 aliphatic carbocycles. The van der Waals surface area contributed by atoms with Gasteiger partial charge < -0.3 is 10.2 Å². The van der Waals surface area contributed by atoms with Crippen molar-refractivity contribution in [3.63, 3.8) is 0 Å². The Morgan fingerprint density at radius 1 is 1.03 bits per heavy atom. The fourth-order valence-electron chi connectivity index (χ4n) is 5.25. The van der Waals surface area contributed by atoms with Gasteiger partial charge in [0.25, 0.3) is 0 Å². The van der Waals surface area contributed by atoms with Crippen LogP contribution in [0.5, 0.6) is 0 Å². The average Bonchev–Trinajstić information content (AvgIpc) is 2.74. The van der Waals surface area contributed by atoms with Crippen LogP contribution in [0.3, 0.4) is 0 Å². The summed E-state index contributed by atoms with van der Waals surface area (Å²) in [4.78, 5) is 17.5. The second-order valence-corrected chi connectivity index (χ2v) is 11.4. The monoisotopic (exact) mass is 434 g/mol. The quantitative estimate of drug-likeness (QED) is 0.793. The third-order valence-corrected chi connectivity index (χ3v) is 8.66. The molecule has 1 N–H and O–H groups in total. The number of sulfonamides is 1. The van der Waals surface area contributed by atoms with Crippen molar-refractivity contribution >= 4 is 16.1 Å². The highest BCUT2D eigenvalue weighted by atomic mass is 32.2. The highest BCUT2D eigenvalue weighted by Crippen LogP contribution is 2.31. The SMILES string of the molecule is CC1(C)CN(S(=O)(=O)c2ccccc2)C[C@@H]2CN(C(=O)NC3CCCCC3)CCN21. The van der Waals surface area contributed by atoms with Crippen LogP contribution >= 0.6 is 0 Å². The van der Waals surface area contributed by atoms with Gasteiger partial charge in [-0.05, 0) is 38.8 Å². The van der Waals surface area contributed by atoms with Gasteiger partial charge in [-0.3, -0.25) is 4.90 Å². The highest BCUT2D eigenvalue weighted by molar-refractivity contribution is 7.89. The molecule has 4 rings (SSSR count). The number of fused-ring (bicyclic) bond motifs is 1. The first-order valence-electron chi connectivity index (χ1n) is 11.1. The first-order chi connectivity index (χ1) is 14.3. The van der Waals surface area contributed by atoms with Crippen molar-refractivity contribution in [1.82, 2.24) is 19.4 Å². The van der Waals surface area contributed by atoms with Gasteiger partial charge in [-0.2, -0.15) is 4.31 Å². The molecule has 3 fully saturated rings. The lowest BCUT2D eigenvalue weighted by Crippen LogP contribution is -2.71. The van der Waals surface area contributed by atoms with Gasteiger partial charge in [-0.1, -0.05) is 37.5 Å². The highest BCUT2D eigenvalue weighted by Gasteiger charge is 2.46. The molecule has 7 nitrogen and oxygen atoms in total. The molecule has 0 spiro atoms. The number of carbonyl (C=O) groups excluding carboxylic acids is 1. The molecule has 3 aliphatic rings. The Balaban J connectivity index is 1.47. The second kappa shape index (κ2) is 8.48. The van der Waals surface area contributed by atoms with Crippen molar-refractivity contribution in [3.8, 4) is 0 Å². The first kappa shape index (κ1) is 21.6. The van der Waals surface area contributed by atoms with E-state index in [1.165, 1.54) is 19.3 Å². The molecular weight excluding hydrogens is 400 g/mol. The summed E-state index contributed by atoms with van der Waals surface area (Å²) in [6.45, 7) is 7.08. The van der Waals surface area contributed by atoms with Gasteiger partial charge in [0, 0.05) is 50.3 Å². The molecule has 2 aliphatic heterocycles. The van der Waals surface area contributed by atoms with Crippen LogP contribution in [0.4, 0.5) is 4.79 Å². The number of piperazine rings is 2. The molecule has 0 radical (unpaired) electrons. The summed E-state index contributed by atoms with van der Waals surface area (Å²) >= 11 is 0. The lowest BCUT2D eigenvalue weighted by Gasteiger charge is -2.55. The third kappa shape index (κ3) is 4.36. The maximum atomic E-state index is 13.2. The van der Waals surface area contributed by atoms with Crippen LogP contribution in [-0.4, -0.2) is 78.9 Å². The smallest absolute Gasteiger partial charge is 0.317 e. The number of benzene rings is 1. The zero-order valence-corrected chi connectivity index (χ0v) is 18.9. The van der Waals surface area contributed by atoms with E-state index in [-0.39, 0.29) is 23.7 Å². The topological polar surface area (TPSA) is 73.0 Å². The second-order valence-electron chi connectivity index (χ2n) is 9.50. The Bertz CT molecular complexity index is 852. The largest absolute Gasteiger partial charge is 0.335 e. The van der Waals surface area contributed by atoms with Crippen LogP contribution in [0.2, 0.25) is 0 Å². The molecule has 0 unspecified atom stereocenters. The van der Waals surface area contributed by atoms with Gasteiger partial charge in [0.1, 0.15) is 0 Å². The number of rotatable bonds is 3. The van der Waals surface area contributed by atoms with Crippen LogP contribution in [0.1, 0.15) is 46.0 Å². The van der Waals surface area contributed by atoms with Crippen molar-refractivity contribution < 1.29 is 13.2 Å². The van der Waals surface area contributed by atoms with Crippen LogP contribution in [0.25, 0.3) is 0 Å². The van der Waals surface area contributed by atoms with Gasteiger partial charge >= 0.3 is 6.03 Å². The van der Waals surface area contributed by atoms with Crippen molar-refractivity contribution in [1.29, 1.82) is 0 Å². The van der Waals surface area contributed by atoms with Gasteiger partial charge in [0.05, 0.1) is 4.90 Å². The summed E-state index contributed by atoms with van der Waals surface area (Å²) in [6, 6.07) is 8.92. The first-order valence-corrected chi connectivity index (χ1v) is 12.6. The van der Waals surface area contributed by atoms with E-state index in [0.29, 0.717) is 31.1 Å². The molecule has 2 saturated heterocycles. The molecule has 1 atom stereocenters. The van der Waals surface area contributed by atoms with Crippen molar-refractivity contribution in [2.45, 2.75) is 68.5 Å². The normalized spacial score (nSPS) is 26.2. The molecule has 2 amide bonds. The van der Waals surface area contributed by atoms with E-state index < -0.39 is 10.0 Å². The van der Waals surface area contributed by atoms with E-state index in [4.69, 9.17) is 0 Å².